The van der Waals surface area contributed by atoms with Gasteiger partial charge in [-0.3, -0.25) is 0 Å². The quantitative estimate of drug-likeness (QED) is 0.913. The standard InChI is InChI=1S/C16H21N3O/c1-10-8-12(4-6-15(10)20-3)14-9-19-11(2)13(17)5-7-16(19)18-14/h4,6,8-9,11,13H,5,7,17H2,1-3H3. The van der Waals surface area contributed by atoms with E-state index in [1.165, 1.54) is 0 Å². The van der Waals surface area contributed by atoms with Crippen molar-refractivity contribution in [1.29, 1.82) is 0 Å². The van der Waals surface area contributed by atoms with Crippen LogP contribution in [0.2, 0.25) is 0 Å². The number of ether oxygens (including phenoxy) is 1. The lowest BCUT2D eigenvalue weighted by molar-refractivity contribution is 0.368. The zero-order chi connectivity index (χ0) is 14.3. The minimum atomic E-state index is 0.224. The van der Waals surface area contributed by atoms with Gasteiger partial charge in [-0.05, 0) is 44.0 Å². The molecule has 4 heteroatoms. The Hall–Kier alpha value is -1.81. The van der Waals surface area contributed by atoms with E-state index in [0.29, 0.717) is 6.04 Å². The first-order chi connectivity index (χ1) is 9.60. The summed E-state index contributed by atoms with van der Waals surface area (Å²) >= 11 is 0. The van der Waals surface area contributed by atoms with Gasteiger partial charge in [-0.1, -0.05) is 0 Å². The van der Waals surface area contributed by atoms with Crippen molar-refractivity contribution >= 4 is 0 Å². The number of hydrogen-bond acceptors (Lipinski definition) is 3. The lowest BCUT2D eigenvalue weighted by atomic mass is 10.0. The molecule has 0 saturated heterocycles. The maximum Gasteiger partial charge on any atom is 0.121 e. The normalized spacial score (nSPS) is 21.6. The molecule has 0 bridgehead atoms. The summed E-state index contributed by atoms with van der Waals surface area (Å²) in [6, 6.07) is 6.72. The fourth-order valence-corrected chi connectivity index (χ4v) is 2.89. The summed E-state index contributed by atoms with van der Waals surface area (Å²) in [4.78, 5) is 4.77. The highest BCUT2D eigenvalue weighted by Gasteiger charge is 2.24. The van der Waals surface area contributed by atoms with Gasteiger partial charge in [0.25, 0.3) is 0 Å². The fourth-order valence-electron chi connectivity index (χ4n) is 2.89. The van der Waals surface area contributed by atoms with E-state index in [-0.39, 0.29) is 6.04 Å². The van der Waals surface area contributed by atoms with Crippen molar-refractivity contribution in [1.82, 2.24) is 9.55 Å². The minimum Gasteiger partial charge on any atom is -0.496 e. The first kappa shape index (κ1) is 13.2. The molecule has 2 unspecified atom stereocenters. The lowest BCUT2D eigenvalue weighted by Gasteiger charge is -2.27. The van der Waals surface area contributed by atoms with E-state index in [1.807, 2.05) is 6.07 Å². The second-order valence-electron chi connectivity index (χ2n) is 5.58. The minimum absolute atomic E-state index is 0.224. The van der Waals surface area contributed by atoms with E-state index < -0.39 is 0 Å². The van der Waals surface area contributed by atoms with E-state index in [1.54, 1.807) is 7.11 Å². The third-order valence-electron chi connectivity index (χ3n) is 4.26. The van der Waals surface area contributed by atoms with E-state index in [4.69, 9.17) is 15.5 Å². The van der Waals surface area contributed by atoms with Crippen molar-refractivity contribution in [2.24, 2.45) is 5.73 Å². The number of imidazole rings is 1. The Labute approximate surface area is 119 Å². The number of nitrogens with two attached hydrogens (primary N) is 1. The Kier molecular flexibility index (Phi) is 3.26. The highest BCUT2D eigenvalue weighted by atomic mass is 16.5. The van der Waals surface area contributed by atoms with Crippen LogP contribution < -0.4 is 10.5 Å². The van der Waals surface area contributed by atoms with Crippen LogP contribution in [0.1, 0.15) is 30.8 Å². The van der Waals surface area contributed by atoms with Gasteiger partial charge in [0.2, 0.25) is 0 Å². The molecule has 20 heavy (non-hydrogen) atoms. The highest BCUT2D eigenvalue weighted by Crippen LogP contribution is 2.29. The van der Waals surface area contributed by atoms with E-state index >= 15 is 0 Å². The molecular weight excluding hydrogens is 250 g/mol. The maximum absolute atomic E-state index is 6.14. The number of aromatic nitrogens is 2. The average Bonchev–Trinajstić information content (AvgIpc) is 2.88. The number of methoxy groups -OCH3 is 1. The molecule has 0 radical (unpaired) electrons. The SMILES string of the molecule is COc1ccc(-c2cn3c(n2)CCC(N)C3C)cc1C. The second-order valence-corrected chi connectivity index (χ2v) is 5.58. The van der Waals surface area contributed by atoms with Crippen LogP contribution in [0.5, 0.6) is 5.75 Å². The Morgan fingerprint density at radius 2 is 2.20 bits per heavy atom. The topological polar surface area (TPSA) is 53.1 Å². The van der Waals surface area contributed by atoms with Gasteiger partial charge >= 0.3 is 0 Å². The zero-order valence-electron chi connectivity index (χ0n) is 12.3. The van der Waals surface area contributed by atoms with Gasteiger partial charge in [0.1, 0.15) is 11.6 Å². The summed E-state index contributed by atoms with van der Waals surface area (Å²) in [6.45, 7) is 4.22. The molecule has 1 aliphatic rings. The predicted molar refractivity (Wildman–Crippen MR) is 80.0 cm³/mol. The summed E-state index contributed by atoms with van der Waals surface area (Å²) in [5.41, 5.74) is 9.41. The summed E-state index contributed by atoms with van der Waals surface area (Å²) in [7, 11) is 1.69. The molecule has 2 N–H and O–H groups in total. The van der Waals surface area contributed by atoms with Gasteiger partial charge < -0.3 is 15.0 Å². The molecular formula is C16H21N3O. The van der Waals surface area contributed by atoms with Gasteiger partial charge in [-0.25, -0.2) is 4.98 Å². The third-order valence-corrected chi connectivity index (χ3v) is 4.26. The second kappa shape index (κ2) is 4.94. The van der Waals surface area contributed by atoms with Gasteiger partial charge in [0.05, 0.1) is 12.8 Å². The van der Waals surface area contributed by atoms with Crippen LogP contribution in [0.15, 0.2) is 24.4 Å². The highest BCUT2D eigenvalue weighted by molar-refractivity contribution is 5.61. The summed E-state index contributed by atoms with van der Waals surface area (Å²) in [6.07, 6.45) is 4.10. The molecule has 3 rings (SSSR count). The number of aryl methyl sites for hydroxylation is 2. The molecule has 2 aromatic rings. The molecule has 2 heterocycles. The van der Waals surface area contributed by atoms with Crippen molar-refractivity contribution in [2.75, 3.05) is 7.11 Å². The summed E-state index contributed by atoms with van der Waals surface area (Å²) in [5, 5.41) is 0. The van der Waals surface area contributed by atoms with Crippen molar-refractivity contribution < 1.29 is 4.74 Å². The van der Waals surface area contributed by atoms with Gasteiger partial charge in [0, 0.05) is 30.3 Å². The fraction of sp³-hybridized carbons (Fsp3) is 0.438. The molecule has 0 fully saturated rings. The largest absolute Gasteiger partial charge is 0.496 e. The molecule has 4 nitrogen and oxygen atoms in total. The summed E-state index contributed by atoms with van der Waals surface area (Å²) < 4.78 is 7.53. The van der Waals surface area contributed by atoms with Gasteiger partial charge in [-0.15, -0.1) is 0 Å². The van der Waals surface area contributed by atoms with Crippen LogP contribution in [0.3, 0.4) is 0 Å². The Balaban J connectivity index is 2.00. The van der Waals surface area contributed by atoms with Crippen molar-refractivity contribution in [3.05, 3.63) is 35.8 Å². The van der Waals surface area contributed by atoms with Crippen molar-refractivity contribution in [3.63, 3.8) is 0 Å². The van der Waals surface area contributed by atoms with Crippen LogP contribution in [-0.4, -0.2) is 22.7 Å². The first-order valence-electron chi connectivity index (χ1n) is 7.08. The van der Waals surface area contributed by atoms with E-state index in [0.717, 1.165) is 41.2 Å². The molecule has 1 aliphatic heterocycles. The van der Waals surface area contributed by atoms with Crippen molar-refractivity contribution in [3.8, 4) is 17.0 Å². The van der Waals surface area contributed by atoms with E-state index in [9.17, 15) is 0 Å². The number of nitrogens with zero attached hydrogens (tertiary/aromatic N) is 2. The van der Waals surface area contributed by atoms with E-state index in [2.05, 4.69) is 36.7 Å². The van der Waals surface area contributed by atoms with Crippen LogP contribution in [0, 0.1) is 6.92 Å². The molecule has 2 atom stereocenters. The zero-order valence-corrected chi connectivity index (χ0v) is 12.3. The molecule has 0 aliphatic carbocycles. The van der Waals surface area contributed by atoms with Crippen LogP contribution >= 0.6 is 0 Å². The van der Waals surface area contributed by atoms with Crippen LogP contribution in [0.25, 0.3) is 11.3 Å². The third kappa shape index (κ3) is 2.10. The average molecular weight is 271 g/mol. The molecule has 1 aromatic heterocycles. The molecule has 106 valence electrons. The molecule has 1 aromatic carbocycles. The number of hydrogen-bond donors (Lipinski definition) is 1. The molecule has 0 amide bonds. The number of rotatable bonds is 2. The van der Waals surface area contributed by atoms with Gasteiger partial charge in [-0.2, -0.15) is 0 Å². The number of benzene rings is 1. The van der Waals surface area contributed by atoms with Crippen molar-refractivity contribution in [2.45, 2.75) is 38.8 Å². The van der Waals surface area contributed by atoms with Crippen LogP contribution in [0.4, 0.5) is 0 Å². The van der Waals surface area contributed by atoms with Crippen LogP contribution in [-0.2, 0) is 6.42 Å². The lowest BCUT2D eigenvalue weighted by Crippen LogP contribution is -2.35. The smallest absolute Gasteiger partial charge is 0.121 e. The monoisotopic (exact) mass is 271 g/mol. The van der Waals surface area contributed by atoms with Gasteiger partial charge in [0.15, 0.2) is 0 Å². The maximum atomic E-state index is 6.14. The molecule has 0 spiro atoms. The summed E-state index contributed by atoms with van der Waals surface area (Å²) in [5.74, 6) is 2.05. The predicted octanol–water partition coefficient (Wildman–Crippen LogP) is 2.70. The molecule has 0 saturated carbocycles. The Morgan fingerprint density at radius 3 is 2.90 bits per heavy atom. The Bertz CT molecular complexity index is 633. The number of fused-ring (bicyclic) bond motifs is 1. The first-order valence-corrected chi connectivity index (χ1v) is 7.08. The Morgan fingerprint density at radius 1 is 1.40 bits per heavy atom.